The van der Waals surface area contributed by atoms with Crippen molar-refractivity contribution >= 4 is 79.8 Å². The maximum absolute atomic E-state index is 13.7. The maximum Gasteiger partial charge on any atom is 0.399 e. The lowest BCUT2D eigenvalue weighted by molar-refractivity contribution is -0.139. The second kappa shape index (κ2) is 11.2. The summed E-state index contributed by atoms with van der Waals surface area (Å²) >= 11 is 26.3. The Labute approximate surface area is 212 Å². The number of carbonyl (C=O) groups excluding carboxylic acids is 1. The summed E-state index contributed by atoms with van der Waals surface area (Å²) in [5.74, 6) is -2.12. The van der Waals surface area contributed by atoms with Crippen LogP contribution in [0.2, 0.25) is 15.1 Å². The van der Waals surface area contributed by atoms with E-state index < -0.39 is 12.1 Å². The highest BCUT2D eigenvalue weighted by atomic mass is 79.9. The first-order valence-electron chi connectivity index (χ1n) is 9.07. The molecular weight excluding hydrogens is 570 g/mol. The van der Waals surface area contributed by atoms with Crippen molar-refractivity contribution in [1.29, 1.82) is 0 Å². The van der Waals surface area contributed by atoms with Gasteiger partial charge in [0.05, 0.1) is 26.7 Å². The number of ketones is 1. The molecule has 0 saturated carbocycles. The molecule has 2 nitrogen and oxygen atoms in total. The van der Waals surface area contributed by atoms with E-state index in [-0.39, 0.29) is 43.5 Å². The summed E-state index contributed by atoms with van der Waals surface area (Å²) in [6.07, 6.45) is -1.95. The van der Waals surface area contributed by atoms with Gasteiger partial charge in [0.2, 0.25) is 0 Å². The highest BCUT2D eigenvalue weighted by Crippen LogP contribution is 2.41. The van der Waals surface area contributed by atoms with Gasteiger partial charge in [-0.15, -0.1) is 0 Å². The summed E-state index contributed by atoms with van der Waals surface area (Å²) in [4.78, 5) is 11.9. The lowest BCUT2D eigenvalue weighted by Crippen LogP contribution is -2.25. The van der Waals surface area contributed by atoms with Crippen LogP contribution in [-0.4, -0.2) is 16.9 Å². The molecule has 0 amide bonds. The number of hydrogen-bond acceptors (Lipinski definition) is 2. The van der Waals surface area contributed by atoms with Gasteiger partial charge in [-0.25, -0.2) is 0 Å². The van der Waals surface area contributed by atoms with Gasteiger partial charge in [-0.3, -0.25) is 4.79 Å². The van der Waals surface area contributed by atoms with Crippen LogP contribution in [0.4, 0.5) is 13.2 Å². The summed E-state index contributed by atoms with van der Waals surface area (Å²) in [6.45, 7) is 5.35. The molecule has 1 unspecified atom stereocenters. The standard InChI is InChI=1S/C22H16BrCl3F3NOS/c1-3-19(31)11(2)30-21(32)14-6-4-12(8-16(14)23)5-7-15(22(27,28)29)13-9-17(24)20(26)18(25)10-13/h4-10,15H,2-3H2,1H3,(H,30,32). The molecule has 0 aliphatic heterocycles. The number of nitrogens with one attached hydrogen (secondary N) is 1. The number of benzene rings is 2. The highest BCUT2D eigenvalue weighted by Gasteiger charge is 2.39. The molecule has 0 aliphatic carbocycles. The van der Waals surface area contributed by atoms with Crippen molar-refractivity contribution in [3.05, 3.63) is 84.9 Å². The number of carbonyl (C=O) groups is 1. The number of allylic oxidation sites excluding steroid dienone is 2. The highest BCUT2D eigenvalue weighted by molar-refractivity contribution is 9.10. The first-order chi connectivity index (χ1) is 14.8. The zero-order chi connectivity index (χ0) is 24.2. The smallest absolute Gasteiger partial charge is 0.344 e. The quantitative estimate of drug-likeness (QED) is 0.201. The Bertz CT molecular complexity index is 1080. The summed E-state index contributed by atoms with van der Waals surface area (Å²) in [5.41, 5.74) is 1.09. The summed E-state index contributed by atoms with van der Waals surface area (Å²) in [5, 5.41) is 2.64. The van der Waals surface area contributed by atoms with Gasteiger partial charge in [-0.05, 0) is 29.3 Å². The summed E-state index contributed by atoms with van der Waals surface area (Å²) < 4.78 is 41.6. The van der Waals surface area contributed by atoms with E-state index in [4.69, 9.17) is 47.0 Å². The van der Waals surface area contributed by atoms with Gasteiger partial charge >= 0.3 is 6.18 Å². The van der Waals surface area contributed by atoms with Gasteiger partial charge in [0.15, 0.2) is 5.78 Å². The molecule has 0 heterocycles. The van der Waals surface area contributed by atoms with Gasteiger partial charge in [0, 0.05) is 16.5 Å². The summed E-state index contributed by atoms with van der Waals surface area (Å²) in [7, 11) is 0. The third-order valence-electron chi connectivity index (χ3n) is 4.36. The summed E-state index contributed by atoms with van der Waals surface area (Å²) in [6, 6.07) is 7.13. The van der Waals surface area contributed by atoms with Crippen LogP contribution in [0.15, 0.2) is 53.2 Å². The number of Topliss-reactive ketones (excluding diaryl/α,β-unsaturated/α-hetero) is 1. The molecule has 1 atom stereocenters. The molecule has 2 aromatic rings. The van der Waals surface area contributed by atoms with Crippen molar-refractivity contribution in [2.24, 2.45) is 0 Å². The lowest BCUT2D eigenvalue weighted by atomic mass is 9.97. The first kappa shape index (κ1) is 26.9. The second-order valence-electron chi connectivity index (χ2n) is 6.63. The average molecular weight is 586 g/mol. The van der Waals surface area contributed by atoms with Crippen LogP contribution in [0, 0.1) is 0 Å². The molecule has 2 rings (SSSR count). The number of alkyl halides is 3. The number of halogens is 7. The predicted octanol–water partition coefficient (Wildman–Crippen LogP) is 8.53. The van der Waals surface area contributed by atoms with Crippen LogP contribution in [-0.2, 0) is 4.79 Å². The number of thiocarbonyl (C=S) groups is 1. The molecule has 0 radical (unpaired) electrons. The van der Waals surface area contributed by atoms with Crippen molar-refractivity contribution < 1.29 is 18.0 Å². The van der Waals surface area contributed by atoms with E-state index in [0.717, 1.165) is 18.2 Å². The zero-order valence-corrected chi connectivity index (χ0v) is 21.2. The third kappa shape index (κ3) is 6.81. The molecular formula is C22H16BrCl3F3NOS. The molecule has 0 bridgehead atoms. The number of hydrogen-bond donors (Lipinski definition) is 1. The Morgan fingerprint density at radius 1 is 1.22 bits per heavy atom. The minimum Gasteiger partial charge on any atom is -0.344 e. The normalized spacial score (nSPS) is 12.6. The minimum absolute atomic E-state index is 0.00518. The fourth-order valence-electron chi connectivity index (χ4n) is 2.68. The van der Waals surface area contributed by atoms with Crippen LogP contribution < -0.4 is 5.32 Å². The predicted molar refractivity (Wildman–Crippen MR) is 133 cm³/mol. The Hall–Kier alpha value is -1.38. The Morgan fingerprint density at radius 2 is 1.81 bits per heavy atom. The Morgan fingerprint density at radius 3 is 2.31 bits per heavy atom. The average Bonchev–Trinajstić information content (AvgIpc) is 2.70. The van der Waals surface area contributed by atoms with Gasteiger partial charge in [0.25, 0.3) is 0 Å². The molecule has 0 aromatic heterocycles. The first-order valence-corrected chi connectivity index (χ1v) is 11.4. The van der Waals surface area contributed by atoms with Crippen molar-refractivity contribution in [3.8, 4) is 0 Å². The molecule has 32 heavy (non-hydrogen) atoms. The van der Waals surface area contributed by atoms with Gasteiger partial charge in [-0.2, -0.15) is 13.2 Å². The van der Waals surface area contributed by atoms with E-state index >= 15 is 0 Å². The van der Waals surface area contributed by atoms with Crippen LogP contribution in [0.3, 0.4) is 0 Å². The van der Waals surface area contributed by atoms with Crippen molar-refractivity contribution in [2.45, 2.75) is 25.4 Å². The topological polar surface area (TPSA) is 29.1 Å². The SMILES string of the molecule is C=C(NC(=S)c1ccc(C=CC(c2cc(Cl)c(Cl)c(Cl)c2)C(F)(F)F)cc1Br)C(=O)CC. The molecule has 10 heteroatoms. The van der Waals surface area contributed by atoms with E-state index in [0.29, 0.717) is 15.6 Å². The van der Waals surface area contributed by atoms with Gasteiger partial charge in [-0.1, -0.05) is 101 Å². The largest absolute Gasteiger partial charge is 0.399 e. The fourth-order valence-corrected chi connectivity index (χ4v) is 4.32. The second-order valence-corrected chi connectivity index (χ2v) is 9.08. The molecule has 0 fully saturated rings. The Kier molecular flexibility index (Phi) is 9.37. The molecule has 1 N–H and O–H groups in total. The molecule has 2 aromatic carbocycles. The van der Waals surface area contributed by atoms with Crippen LogP contribution in [0.1, 0.15) is 36.0 Å². The molecule has 0 saturated heterocycles. The number of rotatable bonds is 7. The van der Waals surface area contributed by atoms with E-state index in [9.17, 15) is 18.0 Å². The third-order valence-corrected chi connectivity index (χ3v) is 6.53. The molecule has 0 aliphatic rings. The van der Waals surface area contributed by atoms with Crippen molar-refractivity contribution in [1.82, 2.24) is 5.32 Å². The fraction of sp³-hybridized carbons (Fsp3) is 0.182. The van der Waals surface area contributed by atoms with E-state index in [1.807, 2.05) is 0 Å². The van der Waals surface area contributed by atoms with Crippen LogP contribution in [0.25, 0.3) is 6.08 Å². The Balaban J connectivity index is 2.31. The van der Waals surface area contributed by atoms with Crippen molar-refractivity contribution in [3.63, 3.8) is 0 Å². The minimum atomic E-state index is -4.58. The maximum atomic E-state index is 13.7. The van der Waals surface area contributed by atoms with Crippen molar-refractivity contribution in [2.75, 3.05) is 0 Å². The lowest BCUT2D eigenvalue weighted by Gasteiger charge is -2.18. The van der Waals surface area contributed by atoms with E-state index in [1.165, 1.54) is 6.08 Å². The monoisotopic (exact) mass is 583 g/mol. The van der Waals surface area contributed by atoms with E-state index in [2.05, 4.69) is 27.8 Å². The molecule has 170 valence electrons. The van der Waals surface area contributed by atoms with Gasteiger partial charge in [0.1, 0.15) is 4.99 Å². The molecule has 0 spiro atoms. The van der Waals surface area contributed by atoms with E-state index in [1.54, 1.807) is 25.1 Å². The zero-order valence-electron chi connectivity index (χ0n) is 16.5. The van der Waals surface area contributed by atoms with Crippen LogP contribution in [0.5, 0.6) is 0 Å². The van der Waals surface area contributed by atoms with Gasteiger partial charge < -0.3 is 5.32 Å². The van der Waals surface area contributed by atoms with Crippen LogP contribution >= 0.6 is 63.0 Å².